The van der Waals surface area contributed by atoms with Gasteiger partial charge in [0.2, 0.25) is 0 Å². The molecule has 0 aliphatic rings. The third-order valence-corrected chi connectivity index (χ3v) is 5.80. The van der Waals surface area contributed by atoms with Crippen LogP contribution in [0, 0.1) is 0 Å². The Bertz CT molecular complexity index is 860. The first-order valence-corrected chi connectivity index (χ1v) is 12.9. The molecule has 2 aromatic rings. The van der Waals surface area contributed by atoms with Gasteiger partial charge < -0.3 is 10.4 Å². The zero-order valence-electron chi connectivity index (χ0n) is 21.1. The van der Waals surface area contributed by atoms with Gasteiger partial charge in [0.15, 0.2) is 6.61 Å². The van der Waals surface area contributed by atoms with Gasteiger partial charge in [-0.25, -0.2) is 4.79 Å². The van der Waals surface area contributed by atoms with Crippen molar-refractivity contribution in [2.24, 2.45) is 0 Å². The molecule has 1 heterocycles. The normalized spacial score (nSPS) is 11.0. The van der Waals surface area contributed by atoms with E-state index in [0.717, 1.165) is 24.1 Å². The van der Waals surface area contributed by atoms with Crippen molar-refractivity contribution in [3.8, 4) is 0 Å². The molecule has 1 aromatic carbocycles. The second kappa shape index (κ2) is 17.6. The average molecular weight is 484 g/mol. The van der Waals surface area contributed by atoms with E-state index in [2.05, 4.69) is 17.2 Å². The van der Waals surface area contributed by atoms with Crippen LogP contribution >= 0.6 is 0 Å². The Balaban J connectivity index is 1.74. The Hall–Kier alpha value is -2.77. The van der Waals surface area contributed by atoms with Crippen LogP contribution in [-0.2, 0) is 22.7 Å². The Kier molecular flexibility index (Phi) is 14.3. The molecule has 0 spiro atoms. The summed E-state index contributed by atoms with van der Waals surface area (Å²) in [6, 6.07) is 12.9. The first kappa shape index (κ1) is 28.5. The van der Waals surface area contributed by atoms with Crippen LogP contribution in [0.2, 0.25) is 0 Å². The number of aliphatic carboxylic acids is 1. The number of benzene rings is 1. The molecule has 0 radical (unpaired) electrons. The second-order valence-corrected chi connectivity index (χ2v) is 8.92. The summed E-state index contributed by atoms with van der Waals surface area (Å²) in [7, 11) is 0. The summed E-state index contributed by atoms with van der Waals surface area (Å²) in [6.45, 7) is 3.15. The van der Waals surface area contributed by atoms with Crippen molar-refractivity contribution in [1.82, 2.24) is 15.4 Å². The molecule has 0 saturated carbocycles. The Labute approximate surface area is 209 Å². The van der Waals surface area contributed by atoms with Crippen LogP contribution < -0.4 is 5.32 Å². The van der Waals surface area contributed by atoms with Crippen molar-refractivity contribution in [1.29, 1.82) is 0 Å². The minimum absolute atomic E-state index is 0.0921. The number of carbonyl (C=O) groups is 2. The quantitative estimate of drug-likeness (QED) is 0.195. The third-order valence-electron chi connectivity index (χ3n) is 5.80. The van der Waals surface area contributed by atoms with E-state index in [1.807, 2.05) is 36.4 Å². The van der Waals surface area contributed by atoms with E-state index in [4.69, 9.17) is 9.94 Å². The van der Waals surface area contributed by atoms with Gasteiger partial charge in [0.05, 0.1) is 12.2 Å². The molecule has 192 valence electrons. The highest BCUT2D eigenvalue weighted by molar-refractivity contribution is 5.94. The topological polar surface area (TPSA) is 91.8 Å². The van der Waals surface area contributed by atoms with Gasteiger partial charge in [0, 0.05) is 24.8 Å². The molecule has 0 atom stereocenters. The second-order valence-electron chi connectivity index (χ2n) is 8.92. The lowest BCUT2D eigenvalue weighted by atomic mass is 10.1. The summed E-state index contributed by atoms with van der Waals surface area (Å²) in [5.41, 5.74) is 2.21. The molecule has 1 amide bonds. The smallest absolute Gasteiger partial charge is 0.331 e. The van der Waals surface area contributed by atoms with Crippen LogP contribution in [-0.4, -0.2) is 40.2 Å². The number of aromatic nitrogens is 1. The number of hydrogen-bond donors (Lipinski definition) is 2. The first-order chi connectivity index (χ1) is 17.1. The van der Waals surface area contributed by atoms with E-state index in [0.29, 0.717) is 25.2 Å². The van der Waals surface area contributed by atoms with Crippen molar-refractivity contribution < 1.29 is 19.5 Å². The fourth-order valence-corrected chi connectivity index (χ4v) is 3.90. The summed E-state index contributed by atoms with van der Waals surface area (Å²) >= 11 is 0. The number of carbonyl (C=O) groups excluding carboxylic acids is 1. The first-order valence-electron chi connectivity index (χ1n) is 12.9. The van der Waals surface area contributed by atoms with Crippen LogP contribution in [0.1, 0.15) is 92.7 Å². The minimum atomic E-state index is -1.05. The molecule has 2 rings (SSSR count). The summed E-state index contributed by atoms with van der Waals surface area (Å²) in [6.07, 6.45) is 14.3. The van der Waals surface area contributed by atoms with E-state index < -0.39 is 12.6 Å². The lowest BCUT2D eigenvalue weighted by Gasteiger charge is -2.21. The standard InChI is InChI=1S/C28H41N3O4/c1-2-3-4-5-6-7-8-9-10-12-19-30-28(34)25-16-14-15-24(20-25)21-31(35-23-27(32)33)22-26-17-11-13-18-29-26/h11,13-18,20H,2-10,12,19,21-23H2,1H3,(H,30,34)(H,32,33). The Morgan fingerprint density at radius 3 is 2.29 bits per heavy atom. The molecule has 2 N–H and O–H groups in total. The van der Waals surface area contributed by atoms with Gasteiger partial charge in [-0.2, -0.15) is 5.06 Å². The predicted molar refractivity (Wildman–Crippen MR) is 138 cm³/mol. The van der Waals surface area contributed by atoms with E-state index in [-0.39, 0.29) is 5.91 Å². The van der Waals surface area contributed by atoms with Gasteiger partial charge in [-0.05, 0) is 36.2 Å². The summed E-state index contributed by atoms with van der Waals surface area (Å²) in [5.74, 6) is -1.14. The average Bonchev–Trinajstić information content (AvgIpc) is 2.86. The maximum Gasteiger partial charge on any atom is 0.331 e. The van der Waals surface area contributed by atoms with E-state index >= 15 is 0 Å². The van der Waals surface area contributed by atoms with Crippen molar-refractivity contribution in [3.63, 3.8) is 0 Å². The Morgan fingerprint density at radius 1 is 0.914 bits per heavy atom. The lowest BCUT2D eigenvalue weighted by molar-refractivity contribution is -0.190. The number of pyridine rings is 1. The Morgan fingerprint density at radius 2 is 1.63 bits per heavy atom. The van der Waals surface area contributed by atoms with Gasteiger partial charge in [-0.15, -0.1) is 0 Å². The number of nitrogens with zero attached hydrogens (tertiary/aromatic N) is 2. The van der Waals surface area contributed by atoms with Crippen molar-refractivity contribution in [2.75, 3.05) is 13.2 Å². The molecule has 7 heteroatoms. The van der Waals surface area contributed by atoms with E-state index in [1.165, 1.54) is 51.4 Å². The minimum Gasteiger partial charge on any atom is -0.479 e. The number of amides is 1. The van der Waals surface area contributed by atoms with Crippen LogP contribution in [0.5, 0.6) is 0 Å². The molecule has 1 aromatic heterocycles. The largest absolute Gasteiger partial charge is 0.479 e. The summed E-state index contributed by atoms with van der Waals surface area (Å²) in [5, 5.41) is 13.6. The molecule has 0 bridgehead atoms. The number of carboxylic acids is 1. The maximum atomic E-state index is 12.6. The summed E-state index contributed by atoms with van der Waals surface area (Å²) in [4.78, 5) is 33.3. The molecule has 0 aliphatic heterocycles. The molecule has 35 heavy (non-hydrogen) atoms. The highest BCUT2D eigenvalue weighted by Crippen LogP contribution is 2.13. The zero-order valence-corrected chi connectivity index (χ0v) is 21.1. The molecule has 0 saturated heterocycles. The lowest BCUT2D eigenvalue weighted by Crippen LogP contribution is -2.27. The number of hydrogen-bond acceptors (Lipinski definition) is 5. The van der Waals surface area contributed by atoms with Gasteiger partial charge in [-0.1, -0.05) is 82.9 Å². The molecule has 0 fully saturated rings. The van der Waals surface area contributed by atoms with Gasteiger partial charge in [-0.3, -0.25) is 14.6 Å². The molecule has 0 unspecified atom stereocenters. The predicted octanol–water partition coefficient (Wildman–Crippen LogP) is 5.75. The van der Waals surface area contributed by atoms with Crippen LogP contribution in [0.3, 0.4) is 0 Å². The van der Waals surface area contributed by atoms with Gasteiger partial charge in [0.25, 0.3) is 5.91 Å². The van der Waals surface area contributed by atoms with Gasteiger partial charge >= 0.3 is 5.97 Å². The molecule has 7 nitrogen and oxygen atoms in total. The zero-order chi connectivity index (χ0) is 25.1. The monoisotopic (exact) mass is 483 g/mol. The van der Waals surface area contributed by atoms with E-state index in [9.17, 15) is 9.59 Å². The molecular formula is C28H41N3O4. The van der Waals surface area contributed by atoms with Crippen LogP contribution in [0.4, 0.5) is 0 Å². The molecule has 0 aliphatic carbocycles. The number of nitrogens with one attached hydrogen (secondary N) is 1. The number of carboxylic acid groups (broad SMARTS) is 1. The number of rotatable bonds is 19. The number of unbranched alkanes of at least 4 members (excludes halogenated alkanes) is 9. The summed E-state index contributed by atoms with van der Waals surface area (Å²) < 4.78 is 0. The fourth-order valence-electron chi connectivity index (χ4n) is 3.90. The van der Waals surface area contributed by atoms with Crippen molar-refractivity contribution >= 4 is 11.9 Å². The van der Waals surface area contributed by atoms with E-state index in [1.54, 1.807) is 17.3 Å². The third kappa shape index (κ3) is 13.0. The highest BCUT2D eigenvalue weighted by Gasteiger charge is 2.13. The highest BCUT2D eigenvalue weighted by atomic mass is 16.7. The van der Waals surface area contributed by atoms with Crippen LogP contribution in [0.15, 0.2) is 48.7 Å². The maximum absolute atomic E-state index is 12.6. The number of hydroxylamine groups is 2. The van der Waals surface area contributed by atoms with Crippen molar-refractivity contribution in [3.05, 3.63) is 65.5 Å². The SMILES string of the molecule is CCCCCCCCCCCCNC(=O)c1cccc(CN(Cc2ccccn2)OCC(=O)O)c1. The molecular weight excluding hydrogens is 442 g/mol. The van der Waals surface area contributed by atoms with Gasteiger partial charge in [0.1, 0.15) is 0 Å². The van der Waals surface area contributed by atoms with Crippen LogP contribution in [0.25, 0.3) is 0 Å². The fraction of sp³-hybridized carbons (Fsp3) is 0.536. The van der Waals surface area contributed by atoms with Crippen molar-refractivity contribution in [2.45, 2.75) is 84.2 Å².